The van der Waals surface area contributed by atoms with Crippen LogP contribution in [0.1, 0.15) is 45.4 Å². The number of anilines is 1. The van der Waals surface area contributed by atoms with Gasteiger partial charge in [0.05, 0.1) is 20.6 Å². The lowest BCUT2D eigenvalue weighted by Gasteiger charge is -2.29. The van der Waals surface area contributed by atoms with E-state index in [1.807, 2.05) is 12.1 Å². The maximum atomic E-state index is 11.3. The molecule has 0 aliphatic carbocycles. The number of nitrogens with zero attached hydrogens (tertiary/aromatic N) is 1. The minimum Gasteiger partial charge on any atom is -1.00 e. The second-order valence-corrected chi connectivity index (χ2v) is 6.42. The molecule has 0 radical (unpaired) electrons. The Bertz CT molecular complexity index is 469. The van der Waals surface area contributed by atoms with Crippen molar-refractivity contribution in [3.05, 3.63) is 36.9 Å². The summed E-state index contributed by atoms with van der Waals surface area (Å²) in [6.45, 7) is 6.85. The van der Waals surface area contributed by atoms with Gasteiger partial charge in [0.1, 0.15) is 5.69 Å². The summed E-state index contributed by atoms with van der Waals surface area (Å²) in [6, 6.07) is 8.10. The standard InChI is InChI=1S/C19H30N2O.BrH/c1-5-7-8-9-10-11-16-21(3,4)18-14-12-17(13-15-18)20-19(22)6-2;/h6,12-15H,2,5,7-11,16H2,1,3-4H3;1H. The number of carbonyl (C=O) groups is 1. The SMILES string of the molecule is C=CC(=O)Nc1ccc([N+](C)(C)CCCCCCCC)cc1.[Br-]. The lowest BCUT2D eigenvalue weighted by Crippen LogP contribution is -3.00. The van der Waals surface area contributed by atoms with E-state index in [0.717, 1.165) is 16.7 Å². The van der Waals surface area contributed by atoms with Crippen LogP contribution in [0, 0.1) is 0 Å². The zero-order chi connectivity index (χ0) is 16.4. The van der Waals surface area contributed by atoms with Gasteiger partial charge in [-0.15, -0.1) is 0 Å². The summed E-state index contributed by atoms with van der Waals surface area (Å²) in [5.41, 5.74) is 2.08. The Labute approximate surface area is 152 Å². The van der Waals surface area contributed by atoms with Crippen LogP contribution >= 0.6 is 0 Å². The lowest BCUT2D eigenvalue weighted by atomic mass is 10.1. The molecule has 0 saturated heterocycles. The molecule has 0 aromatic heterocycles. The number of hydrogen-bond acceptors (Lipinski definition) is 1. The second kappa shape index (κ2) is 11.4. The van der Waals surface area contributed by atoms with Gasteiger partial charge in [-0.3, -0.25) is 9.28 Å². The minimum atomic E-state index is -0.173. The number of hydrogen-bond donors (Lipinski definition) is 1. The summed E-state index contributed by atoms with van der Waals surface area (Å²) in [5.74, 6) is -0.173. The average molecular weight is 383 g/mol. The molecule has 1 N–H and O–H groups in total. The van der Waals surface area contributed by atoms with E-state index in [1.54, 1.807) is 0 Å². The third-order valence-electron chi connectivity index (χ3n) is 4.09. The fraction of sp³-hybridized carbons (Fsp3) is 0.526. The van der Waals surface area contributed by atoms with Gasteiger partial charge in [0, 0.05) is 17.8 Å². The largest absolute Gasteiger partial charge is 1.00 e. The highest BCUT2D eigenvalue weighted by Gasteiger charge is 2.18. The molecular weight excluding hydrogens is 352 g/mol. The predicted octanol–water partition coefficient (Wildman–Crippen LogP) is 1.74. The molecule has 0 aliphatic rings. The Hall–Kier alpha value is -1.13. The first-order valence-corrected chi connectivity index (χ1v) is 8.36. The molecule has 1 rings (SSSR count). The predicted molar refractivity (Wildman–Crippen MR) is 97.2 cm³/mol. The monoisotopic (exact) mass is 382 g/mol. The topological polar surface area (TPSA) is 29.1 Å². The van der Waals surface area contributed by atoms with Crippen molar-refractivity contribution in [3.8, 4) is 0 Å². The minimum absolute atomic E-state index is 0. The Kier molecular flexibility index (Phi) is 10.9. The first kappa shape index (κ1) is 21.9. The maximum absolute atomic E-state index is 11.3. The van der Waals surface area contributed by atoms with Crippen LogP contribution in [-0.2, 0) is 4.79 Å². The normalized spacial score (nSPS) is 10.7. The average Bonchev–Trinajstić information content (AvgIpc) is 2.51. The number of quaternary nitrogens is 1. The van der Waals surface area contributed by atoms with Gasteiger partial charge in [-0.25, -0.2) is 0 Å². The Balaban J connectivity index is 0.00000484. The van der Waals surface area contributed by atoms with Crippen molar-refractivity contribution in [2.45, 2.75) is 45.4 Å². The number of carbonyl (C=O) groups excluding carboxylic acids is 1. The van der Waals surface area contributed by atoms with Gasteiger partial charge in [0.2, 0.25) is 5.91 Å². The third-order valence-corrected chi connectivity index (χ3v) is 4.09. The van der Waals surface area contributed by atoms with Crippen molar-refractivity contribution in [1.82, 2.24) is 4.48 Å². The molecule has 4 heteroatoms. The summed E-state index contributed by atoms with van der Waals surface area (Å²) in [4.78, 5) is 11.3. The van der Waals surface area contributed by atoms with E-state index in [1.165, 1.54) is 50.3 Å². The molecule has 0 saturated carbocycles. The van der Waals surface area contributed by atoms with Crippen LogP contribution in [0.5, 0.6) is 0 Å². The van der Waals surface area contributed by atoms with Crippen LogP contribution in [0.2, 0.25) is 0 Å². The highest BCUT2D eigenvalue weighted by atomic mass is 79.9. The van der Waals surface area contributed by atoms with Gasteiger partial charge in [-0.05, 0) is 31.1 Å². The van der Waals surface area contributed by atoms with Crippen molar-refractivity contribution in [3.63, 3.8) is 0 Å². The van der Waals surface area contributed by atoms with Crippen molar-refractivity contribution in [2.24, 2.45) is 0 Å². The highest BCUT2D eigenvalue weighted by Crippen LogP contribution is 2.22. The molecule has 1 amide bonds. The van der Waals surface area contributed by atoms with Crippen LogP contribution in [0.4, 0.5) is 11.4 Å². The van der Waals surface area contributed by atoms with Gasteiger partial charge >= 0.3 is 0 Å². The quantitative estimate of drug-likeness (QED) is 0.372. The van der Waals surface area contributed by atoms with E-state index < -0.39 is 0 Å². The Morgan fingerprint density at radius 2 is 1.65 bits per heavy atom. The molecule has 130 valence electrons. The summed E-state index contributed by atoms with van der Waals surface area (Å²) in [5, 5.41) is 2.78. The number of benzene rings is 1. The van der Waals surface area contributed by atoms with E-state index in [4.69, 9.17) is 0 Å². The molecule has 1 aromatic carbocycles. The summed E-state index contributed by atoms with van der Waals surface area (Å²) < 4.78 is 0.878. The van der Waals surface area contributed by atoms with Crippen molar-refractivity contribution in [1.29, 1.82) is 0 Å². The van der Waals surface area contributed by atoms with Gasteiger partial charge in [-0.2, -0.15) is 0 Å². The molecule has 0 spiro atoms. The molecule has 0 atom stereocenters. The summed E-state index contributed by atoms with van der Waals surface area (Å²) >= 11 is 0. The van der Waals surface area contributed by atoms with Gasteiger partial charge in [-0.1, -0.05) is 39.2 Å². The zero-order valence-corrected chi connectivity index (χ0v) is 16.4. The first-order valence-electron chi connectivity index (χ1n) is 8.36. The third kappa shape index (κ3) is 8.33. The van der Waals surface area contributed by atoms with E-state index in [9.17, 15) is 4.79 Å². The lowest BCUT2D eigenvalue weighted by molar-refractivity contribution is -0.111. The Morgan fingerprint density at radius 1 is 1.09 bits per heavy atom. The zero-order valence-electron chi connectivity index (χ0n) is 14.8. The van der Waals surface area contributed by atoms with Crippen LogP contribution in [-0.4, -0.2) is 26.5 Å². The van der Waals surface area contributed by atoms with Crippen LogP contribution < -0.4 is 26.8 Å². The molecule has 3 nitrogen and oxygen atoms in total. The molecule has 0 fully saturated rings. The number of rotatable bonds is 10. The smallest absolute Gasteiger partial charge is 0.247 e. The number of amides is 1. The van der Waals surface area contributed by atoms with Gasteiger partial charge in [0.15, 0.2) is 0 Å². The second-order valence-electron chi connectivity index (χ2n) is 6.42. The molecule has 0 heterocycles. The molecule has 1 aromatic rings. The number of nitrogens with one attached hydrogen (secondary N) is 1. The van der Waals surface area contributed by atoms with Crippen molar-refractivity contribution >= 4 is 17.3 Å². The highest BCUT2D eigenvalue weighted by molar-refractivity contribution is 5.98. The molecular formula is C19H31BrN2O. The van der Waals surface area contributed by atoms with Crippen LogP contribution in [0.3, 0.4) is 0 Å². The molecule has 0 unspecified atom stereocenters. The maximum Gasteiger partial charge on any atom is 0.247 e. The first-order chi connectivity index (χ1) is 10.5. The van der Waals surface area contributed by atoms with E-state index in [2.05, 4.69) is 45.0 Å². The van der Waals surface area contributed by atoms with Crippen LogP contribution in [0.15, 0.2) is 36.9 Å². The van der Waals surface area contributed by atoms with Crippen molar-refractivity contribution < 1.29 is 21.8 Å². The molecule has 0 aliphatic heterocycles. The van der Waals surface area contributed by atoms with E-state index in [-0.39, 0.29) is 22.9 Å². The molecule has 23 heavy (non-hydrogen) atoms. The summed E-state index contributed by atoms with van der Waals surface area (Å²) in [7, 11) is 4.48. The van der Waals surface area contributed by atoms with Crippen LogP contribution in [0.25, 0.3) is 0 Å². The fourth-order valence-corrected chi connectivity index (χ4v) is 2.56. The molecule has 0 bridgehead atoms. The van der Waals surface area contributed by atoms with E-state index in [0.29, 0.717) is 0 Å². The summed E-state index contributed by atoms with van der Waals surface area (Å²) in [6.07, 6.45) is 9.22. The Morgan fingerprint density at radius 3 is 2.22 bits per heavy atom. The van der Waals surface area contributed by atoms with Gasteiger partial charge < -0.3 is 22.3 Å². The van der Waals surface area contributed by atoms with Gasteiger partial charge in [0.25, 0.3) is 0 Å². The van der Waals surface area contributed by atoms with Crippen molar-refractivity contribution in [2.75, 3.05) is 26.0 Å². The number of unbranched alkanes of at least 4 members (excludes halogenated alkanes) is 5. The fourth-order valence-electron chi connectivity index (χ4n) is 2.56. The number of halogens is 1. The van der Waals surface area contributed by atoms with E-state index >= 15 is 0 Å².